The van der Waals surface area contributed by atoms with Gasteiger partial charge in [-0.3, -0.25) is 4.98 Å². The molecule has 1 N–H and O–H groups in total. The molecule has 0 aromatic carbocycles. The molecule has 0 aliphatic carbocycles. The maximum absolute atomic E-state index is 12.9. The SMILES string of the molecule is Cn1c(-c2ncc(C(F)(F)F)cc2S(=O)O)nc2cc(OCC(F)(F)F)ncc21. The average Bonchev–Trinajstić information content (AvgIpc) is 2.94. The molecule has 0 bridgehead atoms. The van der Waals surface area contributed by atoms with E-state index in [4.69, 9.17) is 0 Å². The summed E-state index contributed by atoms with van der Waals surface area (Å²) in [6.45, 7) is -1.57. The van der Waals surface area contributed by atoms with Gasteiger partial charge < -0.3 is 13.9 Å². The van der Waals surface area contributed by atoms with Crippen LogP contribution in [0.3, 0.4) is 0 Å². The summed E-state index contributed by atoms with van der Waals surface area (Å²) in [5.74, 6) is -0.452. The summed E-state index contributed by atoms with van der Waals surface area (Å²) in [5.41, 5.74) is -1.13. The fraction of sp³-hybridized carbons (Fsp3) is 0.267. The monoisotopic (exact) mass is 440 g/mol. The summed E-state index contributed by atoms with van der Waals surface area (Å²) in [7, 11) is 1.44. The Morgan fingerprint density at radius 1 is 1.14 bits per heavy atom. The molecule has 0 amide bonds. The zero-order valence-corrected chi connectivity index (χ0v) is 15.1. The molecule has 0 saturated carbocycles. The molecule has 3 aromatic heterocycles. The largest absolute Gasteiger partial charge is 0.468 e. The van der Waals surface area contributed by atoms with Gasteiger partial charge in [0.05, 0.1) is 27.7 Å². The van der Waals surface area contributed by atoms with Crippen molar-refractivity contribution >= 4 is 22.1 Å². The third-order valence-corrected chi connectivity index (χ3v) is 4.39. The number of alkyl halides is 6. The third kappa shape index (κ3) is 4.48. The van der Waals surface area contributed by atoms with Crippen molar-refractivity contribution in [1.82, 2.24) is 19.5 Å². The molecule has 1 unspecified atom stereocenters. The van der Waals surface area contributed by atoms with Crippen molar-refractivity contribution in [2.75, 3.05) is 6.61 Å². The number of aromatic nitrogens is 4. The van der Waals surface area contributed by atoms with E-state index < -0.39 is 40.5 Å². The summed E-state index contributed by atoms with van der Waals surface area (Å²) in [4.78, 5) is 10.8. The van der Waals surface area contributed by atoms with E-state index in [2.05, 4.69) is 19.7 Å². The number of pyridine rings is 2. The normalized spacial score (nSPS) is 13.7. The number of nitrogens with zero attached hydrogens (tertiary/aromatic N) is 4. The summed E-state index contributed by atoms with van der Waals surface area (Å²) in [6, 6.07) is 1.58. The van der Waals surface area contributed by atoms with Crippen LogP contribution in [0.25, 0.3) is 22.6 Å². The van der Waals surface area contributed by atoms with Gasteiger partial charge in [-0.2, -0.15) is 26.3 Å². The van der Waals surface area contributed by atoms with Gasteiger partial charge in [0, 0.05) is 19.3 Å². The Balaban J connectivity index is 2.08. The number of halogens is 6. The number of imidazole rings is 1. The number of ether oxygens (including phenoxy) is 1. The summed E-state index contributed by atoms with van der Waals surface area (Å²) in [6.07, 6.45) is -7.71. The third-order valence-electron chi connectivity index (χ3n) is 3.71. The van der Waals surface area contributed by atoms with Crippen LogP contribution in [0.2, 0.25) is 0 Å². The fourth-order valence-electron chi connectivity index (χ4n) is 2.42. The molecule has 0 saturated heterocycles. The van der Waals surface area contributed by atoms with Gasteiger partial charge >= 0.3 is 12.4 Å². The van der Waals surface area contributed by atoms with E-state index in [0.717, 1.165) is 12.3 Å². The number of hydrogen-bond donors (Lipinski definition) is 1. The van der Waals surface area contributed by atoms with Gasteiger partial charge in [0.15, 0.2) is 23.5 Å². The van der Waals surface area contributed by atoms with Crippen molar-refractivity contribution in [3.05, 3.63) is 30.1 Å². The first-order chi connectivity index (χ1) is 13.4. The first-order valence-corrected chi connectivity index (χ1v) is 8.68. The molecule has 156 valence electrons. The molecule has 1 atom stereocenters. The highest BCUT2D eigenvalue weighted by atomic mass is 32.2. The Morgan fingerprint density at radius 2 is 1.83 bits per heavy atom. The molecule has 3 heterocycles. The van der Waals surface area contributed by atoms with Crippen LogP contribution in [0.15, 0.2) is 29.4 Å². The lowest BCUT2D eigenvalue weighted by Crippen LogP contribution is -2.19. The zero-order valence-electron chi connectivity index (χ0n) is 14.2. The van der Waals surface area contributed by atoms with E-state index in [1.165, 1.54) is 11.6 Å². The molecule has 14 heteroatoms. The molecular formula is C15H10F6N4O3S. The second kappa shape index (κ2) is 7.26. The molecule has 0 spiro atoms. The minimum absolute atomic E-state index is 0.0825. The van der Waals surface area contributed by atoms with E-state index in [9.17, 15) is 35.1 Å². The summed E-state index contributed by atoms with van der Waals surface area (Å²) >= 11 is -2.81. The first kappa shape index (κ1) is 21.0. The highest BCUT2D eigenvalue weighted by Gasteiger charge is 2.33. The molecule has 3 rings (SSSR count). The van der Waals surface area contributed by atoms with Crippen molar-refractivity contribution in [3.8, 4) is 17.4 Å². The molecular weight excluding hydrogens is 430 g/mol. The minimum atomic E-state index is -4.78. The molecule has 0 radical (unpaired) electrons. The number of hydrogen-bond acceptors (Lipinski definition) is 5. The quantitative estimate of drug-likeness (QED) is 0.493. The van der Waals surface area contributed by atoms with Crippen molar-refractivity contribution in [2.45, 2.75) is 17.2 Å². The van der Waals surface area contributed by atoms with Gasteiger partial charge in [0.25, 0.3) is 0 Å². The number of aryl methyl sites for hydroxylation is 1. The fourth-order valence-corrected chi connectivity index (χ4v) is 2.95. The van der Waals surface area contributed by atoms with Crippen LogP contribution in [0.1, 0.15) is 5.56 Å². The number of rotatable bonds is 4. The topological polar surface area (TPSA) is 90.1 Å². The van der Waals surface area contributed by atoms with Gasteiger partial charge in [-0.15, -0.1) is 0 Å². The molecule has 7 nitrogen and oxygen atoms in total. The highest BCUT2D eigenvalue weighted by Crippen LogP contribution is 2.33. The van der Waals surface area contributed by atoms with Crippen LogP contribution in [-0.4, -0.2) is 41.1 Å². The van der Waals surface area contributed by atoms with Gasteiger partial charge in [-0.1, -0.05) is 0 Å². The second-order valence-electron chi connectivity index (χ2n) is 5.73. The second-order valence-corrected chi connectivity index (χ2v) is 6.67. The van der Waals surface area contributed by atoms with Crippen LogP contribution in [-0.2, 0) is 24.3 Å². The van der Waals surface area contributed by atoms with Crippen molar-refractivity contribution in [1.29, 1.82) is 0 Å². The Morgan fingerprint density at radius 3 is 2.41 bits per heavy atom. The van der Waals surface area contributed by atoms with Crippen LogP contribution in [0.4, 0.5) is 26.3 Å². The van der Waals surface area contributed by atoms with Gasteiger partial charge in [-0.05, 0) is 6.07 Å². The van der Waals surface area contributed by atoms with Crippen LogP contribution < -0.4 is 4.74 Å². The van der Waals surface area contributed by atoms with Gasteiger partial charge in [-0.25, -0.2) is 14.2 Å². The first-order valence-electron chi connectivity index (χ1n) is 7.57. The lowest BCUT2D eigenvalue weighted by atomic mass is 10.2. The molecule has 0 aliphatic rings. The van der Waals surface area contributed by atoms with E-state index >= 15 is 0 Å². The number of fused-ring (bicyclic) bond motifs is 1. The van der Waals surface area contributed by atoms with Crippen molar-refractivity contribution < 1.29 is 39.8 Å². The highest BCUT2D eigenvalue weighted by molar-refractivity contribution is 7.79. The van der Waals surface area contributed by atoms with E-state index in [-0.39, 0.29) is 28.4 Å². The standard InChI is InChI=1S/C15H10F6N4O3S/c1-25-9-5-22-11(28-6-14(16,17)18)3-8(9)24-13(25)12-10(29(26)27)2-7(4-23-12)15(19,20)21/h2-5H,6H2,1H3,(H,26,27). The Bertz CT molecular complexity index is 1100. The zero-order chi connectivity index (χ0) is 21.6. The smallest absolute Gasteiger partial charge is 0.422 e. The van der Waals surface area contributed by atoms with Crippen LogP contribution in [0, 0.1) is 0 Å². The van der Waals surface area contributed by atoms with Crippen LogP contribution >= 0.6 is 0 Å². The van der Waals surface area contributed by atoms with Gasteiger partial charge in [0.2, 0.25) is 5.88 Å². The predicted octanol–water partition coefficient (Wildman–Crippen LogP) is 3.57. The Kier molecular flexibility index (Phi) is 5.25. The van der Waals surface area contributed by atoms with Gasteiger partial charge in [0.1, 0.15) is 5.69 Å². The molecule has 0 aliphatic heterocycles. The summed E-state index contributed by atoms with van der Waals surface area (Å²) < 4.78 is 102. The van der Waals surface area contributed by atoms with Crippen LogP contribution in [0.5, 0.6) is 5.88 Å². The predicted molar refractivity (Wildman–Crippen MR) is 87.3 cm³/mol. The Labute approximate surface area is 160 Å². The van der Waals surface area contributed by atoms with E-state index in [0.29, 0.717) is 12.3 Å². The maximum Gasteiger partial charge on any atom is 0.422 e. The van der Waals surface area contributed by atoms with Crippen molar-refractivity contribution in [2.24, 2.45) is 7.05 Å². The summed E-state index contributed by atoms with van der Waals surface area (Å²) in [5, 5.41) is 0. The average molecular weight is 440 g/mol. The van der Waals surface area contributed by atoms with Crippen molar-refractivity contribution in [3.63, 3.8) is 0 Å². The minimum Gasteiger partial charge on any atom is -0.468 e. The lowest BCUT2D eigenvalue weighted by molar-refractivity contribution is -0.154. The molecule has 3 aromatic rings. The van der Waals surface area contributed by atoms with E-state index in [1.54, 1.807) is 0 Å². The Hall–Kier alpha value is -2.74. The molecule has 29 heavy (non-hydrogen) atoms. The maximum atomic E-state index is 12.9. The molecule has 0 fully saturated rings. The van der Waals surface area contributed by atoms with E-state index in [1.807, 2.05) is 0 Å². The lowest BCUT2D eigenvalue weighted by Gasteiger charge is -2.10.